The summed E-state index contributed by atoms with van der Waals surface area (Å²) < 4.78 is 0. The van der Waals surface area contributed by atoms with Crippen LogP contribution in [0.2, 0.25) is 0 Å². The molecule has 78 valence electrons. The summed E-state index contributed by atoms with van der Waals surface area (Å²) in [6.45, 7) is 3.98. The normalized spacial score (nSPS) is 11.4. The lowest BCUT2D eigenvalue weighted by Crippen LogP contribution is -2.44. The van der Waals surface area contributed by atoms with Gasteiger partial charge in [0, 0.05) is 18.1 Å². The molecule has 0 bridgehead atoms. The fraction of sp³-hybridized carbons (Fsp3) is 0.500. The van der Waals surface area contributed by atoms with Crippen molar-refractivity contribution in [3.8, 4) is 0 Å². The molecule has 14 heavy (non-hydrogen) atoms. The van der Waals surface area contributed by atoms with Gasteiger partial charge in [-0.25, -0.2) is 0 Å². The lowest BCUT2D eigenvalue weighted by molar-refractivity contribution is 0.112. The minimum absolute atomic E-state index is 0.0791. The van der Waals surface area contributed by atoms with Gasteiger partial charge in [0.1, 0.15) is 0 Å². The van der Waals surface area contributed by atoms with Crippen LogP contribution in [0.3, 0.4) is 0 Å². The zero-order chi connectivity index (χ0) is 10.8. The van der Waals surface area contributed by atoms with Crippen molar-refractivity contribution in [1.29, 1.82) is 0 Å². The molecule has 0 aromatic carbocycles. The van der Waals surface area contributed by atoms with E-state index in [1.807, 2.05) is 37.2 Å². The molecule has 0 saturated heterocycles. The monoisotopic (exact) mass is 213 g/mol. The van der Waals surface area contributed by atoms with E-state index in [2.05, 4.69) is 0 Å². The standard InChI is InChI=1S/C10H15NO2S/c1-10(2,7-13)11(3)8-4-9(5-12)14-6-8/h4-6,13H,7H2,1-3H3. The number of hydrogen-bond acceptors (Lipinski definition) is 4. The van der Waals surface area contributed by atoms with Crippen molar-refractivity contribution >= 4 is 23.3 Å². The van der Waals surface area contributed by atoms with Crippen LogP contribution in [0, 0.1) is 0 Å². The highest BCUT2D eigenvalue weighted by Gasteiger charge is 2.23. The van der Waals surface area contributed by atoms with Crippen molar-refractivity contribution in [3.63, 3.8) is 0 Å². The second-order valence-electron chi connectivity index (χ2n) is 3.85. The van der Waals surface area contributed by atoms with Gasteiger partial charge in [0.2, 0.25) is 0 Å². The Morgan fingerprint density at radius 2 is 2.29 bits per heavy atom. The maximum absolute atomic E-state index is 10.5. The first-order chi connectivity index (χ1) is 6.51. The molecule has 0 aliphatic heterocycles. The van der Waals surface area contributed by atoms with Gasteiger partial charge in [-0.05, 0) is 19.9 Å². The molecule has 0 aliphatic rings. The van der Waals surface area contributed by atoms with E-state index in [1.165, 1.54) is 11.3 Å². The van der Waals surface area contributed by atoms with Crippen molar-refractivity contribution in [2.75, 3.05) is 18.6 Å². The SMILES string of the molecule is CN(c1csc(C=O)c1)C(C)(C)CO. The molecule has 3 nitrogen and oxygen atoms in total. The molecule has 0 unspecified atom stereocenters. The topological polar surface area (TPSA) is 40.5 Å². The number of thiophene rings is 1. The smallest absolute Gasteiger partial charge is 0.160 e. The Bertz CT molecular complexity index is 320. The minimum atomic E-state index is -0.304. The van der Waals surface area contributed by atoms with E-state index in [0.717, 1.165) is 12.0 Å². The number of anilines is 1. The molecule has 1 heterocycles. The first-order valence-electron chi connectivity index (χ1n) is 4.39. The maximum Gasteiger partial charge on any atom is 0.160 e. The number of hydrogen-bond donors (Lipinski definition) is 1. The third-order valence-electron chi connectivity index (χ3n) is 2.40. The number of carbonyl (C=O) groups is 1. The number of rotatable bonds is 4. The highest BCUT2D eigenvalue weighted by Crippen LogP contribution is 2.26. The molecule has 0 aliphatic carbocycles. The zero-order valence-electron chi connectivity index (χ0n) is 8.65. The van der Waals surface area contributed by atoms with Gasteiger partial charge in [0.05, 0.1) is 17.0 Å². The zero-order valence-corrected chi connectivity index (χ0v) is 9.47. The molecular weight excluding hydrogens is 198 g/mol. The molecule has 0 saturated carbocycles. The second kappa shape index (κ2) is 4.11. The quantitative estimate of drug-likeness (QED) is 0.775. The molecule has 0 radical (unpaired) electrons. The number of likely N-dealkylation sites (N-methyl/N-ethyl adjacent to an activating group) is 1. The Labute approximate surface area is 88.0 Å². The summed E-state index contributed by atoms with van der Waals surface area (Å²) in [6, 6.07) is 1.83. The van der Waals surface area contributed by atoms with Gasteiger partial charge in [0.15, 0.2) is 6.29 Å². The number of carbonyl (C=O) groups excluding carboxylic acids is 1. The Morgan fingerprint density at radius 1 is 1.64 bits per heavy atom. The van der Waals surface area contributed by atoms with Crippen molar-refractivity contribution in [1.82, 2.24) is 0 Å². The largest absolute Gasteiger partial charge is 0.394 e. The van der Waals surface area contributed by atoms with Crippen LogP contribution in [0.5, 0.6) is 0 Å². The Balaban J connectivity index is 2.88. The molecule has 1 aromatic rings. The van der Waals surface area contributed by atoms with E-state index in [1.54, 1.807) is 0 Å². The number of aliphatic hydroxyl groups excluding tert-OH is 1. The molecule has 0 atom stereocenters. The predicted molar refractivity (Wildman–Crippen MR) is 59.3 cm³/mol. The molecule has 0 amide bonds. The van der Waals surface area contributed by atoms with Crippen LogP contribution in [0.15, 0.2) is 11.4 Å². The second-order valence-corrected chi connectivity index (χ2v) is 4.80. The highest BCUT2D eigenvalue weighted by molar-refractivity contribution is 7.12. The van der Waals surface area contributed by atoms with E-state index >= 15 is 0 Å². The molecule has 4 heteroatoms. The summed E-state index contributed by atoms with van der Waals surface area (Å²) in [5.41, 5.74) is 0.664. The first kappa shape index (κ1) is 11.2. The Kier molecular flexibility index (Phi) is 3.29. The van der Waals surface area contributed by atoms with Crippen LogP contribution in [0.4, 0.5) is 5.69 Å². The maximum atomic E-state index is 10.5. The molecular formula is C10H15NO2S. The molecule has 1 rings (SSSR count). The van der Waals surface area contributed by atoms with Gasteiger partial charge in [0.25, 0.3) is 0 Å². The van der Waals surface area contributed by atoms with E-state index in [-0.39, 0.29) is 12.1 Å². The third kappa shape index (κ3) is 2.13. The average molecular weight is 213 g/mol. The van der Waals surface area contributed by atoms with Gasteiger partial charge in [-0.15, -0.1) is 11.3 Å². The molecule has 0 fully saturated rings. The number of aliphatic hydroxyl groups is 1. The molecule has 0 spiro atoms. The fourth-order valence-electron chi connectivity index (χ4n) is 1.04. The average Bonchev–Trinajstić information content (AvgIpc) is 2.64. The van der Waals surface area contributed by atoms with E-state index in [4.69, 9.17) is 0 Å². The Hall–Kier alpha value is -0.870. The van der Waals surface area contributed by atoms with Crippen LogP contribution in [0.1, 0.15) is 23.5 Å². The van der Waals surface area contributed by atoms with Crippen LogP contribution in [0.25, 0.3) is 0 Å². The highest BCUT2D eigenvalue weighted by atomic mass is 32.1. The lowest BCUT2D eigenvalue weighted by atomic mass is 10.1. The lowest BCUT2D eigenvalue weighted by Gasteiger charge is -2.35. The summed E-state index contributed by atoms with van der Waals surface area (Å²) in [7, 11) is 1.91. The summed E-state index contributed by atoms with van der Waals surface area (Å²) in [4.78, 5) is 13.2. The van der Waals surface area contributed by atoms with Gasteiger partial charge in [-0.1, -0.05) is 0 Å². The van der Waals surface area contributed by atoms with Crippen LogP contribution < -0.4 is 4.90 Å². The first-order valence-corrected chi connectivity index (χ1v) is 5.27. The number of aldehydes is 1. The summed E-state index contributed by atoms with van der Waals surface area (Å²) in [6.07, 6.45) is 0.841. The number of nitrogens with zero attached hydrogens (tertiary/aromatic N) is 1. The third-order valence-corrected chi connectivity index (χ3v) is 3.25. The summed E-state index contributed by atoms with van der Waals surface area (Å²) in [5.74, 6) is 0. The van der Waals surface area contributed by atoms with Gasteiger partial charge >= 0.3 is 0 Å². The minimum Gasteiger partial charge on any atom is -0.394 e. The van der Waals surface area contributed by atoms with Gasteiger partial charge in [-0.3, -0.25) is 4.79 Å². The summed E-state index contributed by atoms with van der Waals surface area (Å²) in [5, 5.41) is 11.1. The van der Waals surface area contributed by atoms with Crippen LogP contribution >= 0.6 is 11.3 Å². The predicted octanol–water partition coefficient (Wildman–Crippen LogP) is 1.77. The fourth-order valence-corrected chi connectivity index (χ4v) is 1.76. The molecule has 1 N–H and O–H groups in total. The van der Waals surface area contributed by atoms with E-state index in [0.29, 0.717) is 4.88 Å². The van der Waals surface area contributed by atoms with Crippen molar-refractivity contribution in [2.24, 2.45) is 0 Å². The van der Waals surface area contributed by atoms with Gasteiger partial charge in [-0.2, -0.15) is 0 Å². The van der Waals surface area contributed by atoms with E-state index in [9.17, 15) is 9.90 Å². The van der Waals surface area contributed by atoms with E-state index < -0.39 is 0 Å². The Morgan fingerprint density at radius 3 is 2.71 bits per heavy atom. The molecule has 1 aromatic heterocycles. The van der Waals surface area contributed by atoms with Crippen LogP contribution in [-0.2, 0) is 0 Å². The van der Waals surface area contributed by atoms with Crippen LogP contribution in [-0.4, -0.2) is 30.6 Å². The summed E-state index contributed by atoms with van der Waals surface area (Å²) >= 11 is 1.41. The van der Waals surface area contributed by atoms with Crippen molar-refractivity contribution < 1.29 is 9.90 Å². The van der Waals surface area contributed by atoms with Crippen molar-refractivity contribution in [2.45, 2.75) is 19.4 Å². The van der Waals surface area contributed by atoms with Gasteiger partial charge < -0.3 is 10.0 Å². The van der Waals surface area contributed by atoms with Crippen molar-refractivity contribution in [3.05, 3.63) is 16.3 Å².